The van der Waals surface area contributed by atoms with Crippen molar-refractivity contribution in [1.82, 2.24) is 9.78 Å². The molecule has 0 aliphatic carbocycles. The third-order valence-electron chi connectivity index (χ3n) is 3.67. The van der Waals surface area contributed by atoms with Crippen molar-refractivity contribution in [2.75, 3.05) is 5.32 Å². The Hall–Kier alpha value is -1.79. The third-order valence-corrected chi connectivity index (χ3v) is 5.72. The summed E-state index contributed by atoms with van der Waals surface area (Å²) in [4.78, 5) is 12.5. The van der Waals surface area contributed by atoms with Gasteiger partial charge in [0.2, 0.25) is 0 Å². The summed E-state index contributed by atoms with van der Waals surface area (Å²) in [6, 6.07) is 11.6. The van der Waals surface area contributed by atoms with E-state index in [9.17, 15) is 9.35 Å². The molecule has 0 bridgehead atoms. The molecule has 1 unspecified atom stereocenters. The highest BCUT2D eigenvalue weighted by atomic mass is 32.2. The molecule has 23 heavy (non-hydrogen) atoms. The Bertz CT molecular complexity index is 680. The molecule has 0 saturated carbocycles. The van der Waals surface area contributed by atoms with Crippen LogP contribution in [-0.4, -0.2) is 30.2 Å². The maximum absolute atomic E-state index is 12.5. The first-order chi connectivity index (χ1) is 10.7. The Morgan fingerprint density at radius 2 is 1.91 bits per heavy atom. The number of carbonyl (C=O) groups is 1. The van der Waals surface area contributed by atoms with Crippen LogP contribution in [0.4, 0.5) is 5.82 Å². The second kappa shape index (κ2) is 6.76. The molecule has 1 amide bonds. The molecule has 2 rings (SSSR count). The highest BCUT2D eigenvalue weighted by Gasteiger charge is 2.42. The number of benzene rings is 1. The number of aromatic nitrogens is 2. The quantitative estimate of drug-likeness (QED) is 0.855. The summed E-state index contributed by atoms with van der Waals surface area (Å²) in [6.07, 6.45) is 0. The molecule has 6 heteroatoms. The van der Waals surface area contributed by atoms with E-state index in [-0.39, 0.29) is 11.2 Å². The minimum atomic E-state index is -1.26. The van der Waals surface area contributed by atoms with Crippen LogP contribution in [-0.2, 0) is 23.0 Å². The van der Waals surface area contributed by atoms with Gasteiger partial charge in [0.05, 0.1) is 5.69 Å². The van der Waals surface area contributed by atoms with Crippen LogP contribution >= 0.6 is 0 Å². The minimum Gasteiger partial charge on any atom is -0.615 e. The maximum atomic E-state index is 12.5. The first-order valence-corrected chi connectivity index (χ1v) is 8.76. The average molecular weight is 333 g/mol. The van der Waals surface area contributed by atoms with E-state index in [4.69, 9.17) is 0 Å². The summed E-state index contributed by atoms with van der Waals surface area (Å²) in [7, 11) is 1.77. The highest BCUT2D eigenvalue weighted by Crippen LogP contribution is 2.25. The normalized spacial score (nSPS) is 13.2. The van der Waals surface area contributed by atoms with Crippen LogP contribution in [0.15, 0.2) is 36.4 Å². The Morgan fingerprint density at radius 1 is 1.30 bits per heavy atom. The van der Waals surface area contributed by atoms with E-state index in [0.717, 1.165) is 11.3 Å². The Labute approximate surface area is 140 Å². The monoisotopic (exact) mass is 333 g/mol. The molecule has 2 aromatic rings. The van der Waals surface area contributed by atoms with Crippen molar-refractivity contribution < 1.29 is 9.35 Å². The summed E-state index contributed by atoms with van der Waals surface area (Å²) in [6.45, 7) is 7.10. The van der Waals surface area contributed by atoms with Crippen LogP contribution in [0.3, 0.4) is 0 Å². The smallest absolute Gasteiger partial charge is 0.281 e. The summed E-state index contributed by atoms with van der Waals surface area (Å²) in [5.74, 6) is 0.315. The summed E-state index contributed by atoms with van der Waals surface area (Å²) >= 11 is -1.26. The molecule has 0 aliphatic rings. The largest absolute Gasteiger partial charge is 0.615 e. The number of amides is 1. The number of aryl methyl sites for hydroxylation is 1. The highest BCUT2D eigenvalue weighted by molar-refractivity contribution is 7.94. The molecule has 0 radical (unpaired) electrons. The van der Waals surface area contributed by atoms with E-state index < -0.39 is 15.9 Å². The first kappa shape index (κ1) is 17.6. The number of anilines is 1. The van der Waals surface area contributed by atoms with Gasteiger partial charge in [0, 0.05) is 18.7 Å². The number of hydrogen-bond donors (Lipinski definition) is 1. The molecule has 1 atom stereocenters. The average Bonchev–Trinajstić information content (AvgIpc) is 2.88. The lowest BCUT2D eigenvalue weighted by molar-refractivity contribution is -0.117. The van der Waals surface area contributed by atoms with Crippen LogP contribution in [0.2, 0.25) is 0 Å². The van der Waals surface area contributed by atoms with Gasteiger partial charge in [-0.25, -0.2) is 0 Å². The van der Waals surface area contributed by atoms with Gasteiger partial charge in [0.1, 0.15) is 11.1 Å². The van der Waals surface area contributed by atoms with Crippen molar-refractivity contribution in [3.8, 4) is 11.3 Å². The van der Waals surface area contributed by atoms with Crippen molar-refractivity contribution in [1.29, 1.82) is 0 Å². The van der Waals surface area contributed by atoms with Crippen LogP contribution in [0.25, 0.3) is 11.3 Å². The number of hydrogen-bond acceptors (Lipinski definition) is 3. The molecule has 0 aliphatic heterocycles. The Balaban J connectivity index is 2.21. The van der Waals surface area contributed by atoms with Crippen molar-refractivity contribution in [2.45, 2.75) is 37.7 Å². The second-order valence-corrected chi connectivity index (χ2v) is 8.77. The van der Waals surface area contributed by atoms with Crippen LogP contribution in [0, 0.1) is 0 Å². The number of carbonyl (C=O) groups excluding carboxylic acids is 1. The van der Waals surface area contributed by atoms with Crippen molar-refractivity contribution in [3.63, 3.8) is 0 Å². The molecular weight excluding hydrogens is 310 g/mol. The molecular formula is C17H23N3O2S. The van der Waals surface area contributed by atoms with Crippen LogP contribution < -0.4 is 5.32 Å². The Kier molecular flexibility index (Phi) is 5.16. The van der Waals surface area contributed by atoms with Gasteiger partial charge in [-0.05, 0) is 38.9 Å². The van der Waals surface area contributed by atoms with Crippen LogP contribution in [0.5, 0.6) is 0 Å². The second-order valence-electron chi connectivity index (χ2n) is 6.22. The van der Waals surface area contributed by atoms with Gasteiger partial charge in [-0.15, -0.1) is 0 Å². The van der Waals surface area contributed by atoms with E-state index in [2.05, 4.69) is 10.4 Å². The van der Waals surface area contributed by atoms with Crippen molar-refractivity contribution in [3.05, 3.63) is 36.4 Å². The van der Waals surface area contributed by atoms with E-state index in [1.165, 1.54) is 0 Å². The van der Waals surface area contributed by atoms with E-state index in [0.29, 0.717) is 5.82 Å². The van der Waals surface area contributed by atoms with Gasteiger partial charge < -0.3 is 9.87 Å². The number of nitrogens with one attached hydrogen (secondary N) is 1. The molecule has 1 N–H and O–H groups in total. The first-order valence-electron chi connectivity index (χ1n) is 7.55. The minimum absolute atomic E-state index is 0.0813. The van der Waals surface area contributed by atoms with Crippen molar-refractivity contribution >= 4 is 22.9 Å². The van der Waals surface area contributed by atoms with Gasteiger partial charge >= 0.3 is 0 Å². The molecule has 1 aromatic carbocycles. The fourth-order valence-electron chi connectivity index (χ4n) is 2.28. The fraction of sp³-hybridized carbons (Fsp3) is 0.412. The molecule has 0 fully saturated rings. The number of nitrogens with zero attached hydrogens (tertiary/aromatic N) is 2. The third kappa shape index (κ3) is 3.76. The number of rotatable bonds is 5. The van der Waals surface area contributed by atoms with Crippen LogP contribution in [0.1, 0.15) is 27.7 Å². The molecule has 1 heterocycles. The lowest BCUT2D eigenvalue weighted by Gasteiger charge is -2.29. The summed E-state index contributed by atoms with van der Waals surface area (Å²) in [5.41, 5.74) is 1.76. The Morgan fingerprint density at radius 3 is 2.48 bits per heavy atom. The van der Waals surface area contributed by atoms with E-state index in [1.807, 2.05) is 50.2 Å². The lowest BCUT2D eigenvalue weighted by atomic mass is 10.1. The van der Waals surface area contributed by atoms with Crippen molar-refractivity contribution in [2.24, 2.45) is 7.05 Å². The standard InChI is InChI=1S/C17H23N3O2S/c1-12(2)23(22)17(3,4)16(21)18-15-11-14(19-20(15)5)13-9-7-6-8-10-13/h6-12H,1-5H3,(H,18,21). The van der Waals surface area contributed by atoms with E-state index in [1.54, 1.807) is 25.6 Å². The molecule has 1 aromatic heterocycles. The van der Waals surface area contributed by atoms with Gasteiger partial charge in [0.25, 0.3) is 5.91 Å². The fourth-order valence-corrected chi connectivity index (χ4v) is 3.69. The molecule has 0 saturated heterocycles. The molecule has 0 spiro atoms. The van der Waals surface area contributed by atoms with Gasteiger partial charge in [-0.3, -0.25) is 9.48 Å². The van der Waals surface area contributed by atoms with E-state index >= 15 is 0 Å². The zero-order chi connectivity index (χ0) is 17.2. The SMILES string of the molecule is CC(C)[S+]([O-])C(C)(C)C(=O)Nc1cc(-c2ccccc2)nn1C. The molecule has 5 nitrogen and oxygen atoms in total. The lowest BCUT2D eigenvalue weighted by Crippen LogP contribution is -2.47. The van der Waals surface area contributed by atoms with Gasteiger partial charge in [-0.2, -0.15) is 5.10 Å². The summed E-state index contributed by atoms with van der Waals surface area (Å²) < 4.78 is 13.0. The predicted octanol–water partition coefficient (Wildman–Crippen LogP) is 2.96. The van der Waals surface area contributed by atoms with Gasteiger partial charge in [-0.1, -0.05) is 30.3 Å². The zero-order valence-electron chi connectivity index (χ0n) is 14.2. The predicted molar refractivity (Wildman–Crippen MR) is 94.6 cm³/mol. The topological polar surface area (TPSA) is 70.0 Å². The summed E-state index contributed by atoms with van der Waals surface area (Å²) in [5, 5.41) is 7.19. The molecule has 124 valence electrons. The zero-order valence-corrected chi connectivity index (χ0v) is 15.0. The van der Waals surface area contributed by atoms with Gasteiger partial charge in [0.15, 0.2) is 4.75 Å². The maximum Gasteiger partial charge on any atom is 0.281 e.